The summed E-state index contributed by atoms with van der Waals surface area (Å²) in [7, 11) is 0. The van der Waals surface area contributed by atoms with Gasteiger partial charge in [0.1, 0.15) is 17.7 Å². The number of aromatic nitrogens is 1. The normalized spacial score (nSPS) is 12.1. The molecule has 1 heterocycles. The minimum atomic E-state index is -2.85. The van der Waals surface area contributed by atoms with E-state index in [-0.39, 0.29) is 27.3 Å². The second-order valence-electron chi connectivity index (χ2n) is 9.23. The van der Waals surface area contributed by atoms with Crippen LogP contribution in [-0.2, 0) is 9.53 Å². The molecule has 2 aromatic carbocycles. The van der Waals surface area contributed by atoms with Gasteiger partial charge in [-0.3, -0.25) is 9.59 Å². The molecule has 1 aromatic heterocycles. The first-order valence-corrected chi connectivity index (χ1v) is 11.6. The van der Waals surface area contributed by atoms with Crippen LogP contribution in [-0.4, -0.2) is 22.0 Å². The Kier molecular flexibility index (Phi) is 8.14. The number of pyridine rings is 1. The Morgan fingerprint density at radius 2 is 1.73 bits per heavy atom. The Bertz CT molecular complexity index is 1440. The summed E-state index contributed by atoms with van der Waals surface area (Å²) < 4.78 is 33.5. The Labute approximate surface area is 217 Å². The quantitative estimate of drug-likeness (QED) is 0.388. The number of nitrogens with one attached hydrogen (secondary N) is 1. The van der Waals surface area contributed by atoms with Crippen LogP contribution in [0.3, 0.4) is 0 Å². The first kappa shape index (κ1) is 27.6. The first-order valence-electron chi connectivity index (χ1n) is 11.2. The Hall–Kier alpha value is -4.03. The molecule has 3 aromatic rings. The number of amides is 1. The van der Waals surface area contributed by atoms with Gasteiger partial charge in [-0.15, -0.1) is 0 Å². The number of nitriles is 1. The van der Waals surface area contributed by atoms with Crippen molar-refractivity contribution in [3.63, 3.8) is 0 Å². The smallest absolute Gasteiger partial charge is 0.338 e. The molecule has 0 radical (unpaired) electrons. The maximum atomic E-state index is 13.6. The standard InChI is InChI=1S/C27H24ClF2N3O4/c1-15(25(35)32-19-8-5-16(6-9-19)26(36)37-27(2,3)4)33-14-17(13-31)21(12-23(33)34)22-11-18(28)7-10-20(22)24(29)30/h5-12,14-15,24H,1-4H3,(H,32,35). The van der Waals surface area contributed by atoms with Gasteiger partial charge in [0.05, 0.1) is 11.1 Å². The zero-order valence-corrected chi connectivity index (χ0v) is 21.3. The van der Waals surface area contributed by atoms with Crippen LogP contribution in [0, 0.1) is 11.3 Å². The van der Waals surface area contributed by atoms with Crippen molar-refractivity contribution in [2.75, 3.05) is 5.32 Å². The third kappa shape index (κ3) is 6.60. The van der Waals surface area contributed by atoms with E-state index in [1.54, 1.807) is 20.8 Å². The molecule has 1 amide bonds. The van der Waals surface area contributed by atoms with Crippen LogP contribution in [0.15, 0.2) is 59.5 Å². The molecule has 0 aliphatic carbocycles. The van der Waals surface area contributed by atoms with E-state index in [2.05, 4.69) is 5.32 Å². The highest BCUT2D eigenvalue weighted by molar-refractivity contribution is 6.30. The van der Waals surface area contributed by atoms with Crippen molar-refractivity contribution < 1.29 is 23.1 Å². The largest absolute Gasteiger partial charge is 0.456 e. The van der Waals surface area contributed by atoms with Crippen molar-refractivity contribution >= 4 is 29.2 Å². The summed E-state index contributed by atoms with van der Waals surface area (Å²) in [4.78, 5) is 37.9. The van der Waals surface area contributed by atoms with E-state index >= 15 is 0 Å². The number of rotatable bonds is 6. The number of ether oxygens (including phenoxy) is 1. The third-order valence-electron chi connectivity index (χ3n) is 5.33. The van der Waals surface area contributed by atoms with Crippen LogP contribution in [0.4, 0.5) is 14.5 Å². The van der Waals surface area contributed by atoms with E-state index in [1.807, 2.05) is 6.07 Å². The number of benzene rings is 2. The number of hydrogen-bond acceptors (Lipinski definition) is 5. The molecule has 7 nitrogen and oxygen atoms in total. The van der Waals surface area contributed by atoms with Crippen molar-refractivity contribution in [2.24, 2.45) is 0 Å². The highest BCUT2D eigenvalue weighted by Gasteiger charge is 2.22. The maximum absolute atomic E-state index is 13.6. The fraction of sp³-hybridized carbons (Fsp3) is 0.259. The highest BCUT2D eigenvalue weighted by Crippen LogP contribution is 2.34. The van der Waals surface area contributed by atoms with Gasteiger partial charge in [0.2, 0.25) is 5.91 Å². The van der Waals surface area contributed by atoms with E-state index in [4.69, 9.17) is 16.3 Å². The number of carbonyl (C=O) groups is 2. The lowest BCUT2D eigenvalue weighted by Crippen LogP contribution is -2.31. The van der Waals surface area contributed by atoms with Gasteiger partial charge in [-0.05, 0) is 69.7 Å². The molecular formula is C27H24ClF2N3O4. The Balaban J connectivity index is 1.87. The van der Waals surface area contributed by atoms with Crippen molar-refractivity contribution in [1.29, 1.82) is 5.26 Å². The molecule has 1 unspecified atom stereocenters. The fourth-order valence-electron chi connectivity index (χ4n) is 3.51. The van der Waals surface area contributed by atoms with Crippen LogP contribution < -0.4 is 10.9 Å². The van der Waals surface area contributed by atoms with Gasteiger partial charge in [0.25, 0.3) is 12.0 Å². The van der Waals surface area contributed by atoms with Gasteiger partial charge in [-0.2, -0.15) is 5.26 Å². The summed E-state index contributed by atoms with van der Waals surface area (Å²) in [6.07, 6.45) is -1.70. The van der Waals surface area contributed by atoms with Crippen LogP contribution in [0.1, 0.15) is 61.6 Å². The van der Waals surface area contributed by atoms with Gasteiger partial charge in [-0.25, -0.2) is 13.6 Å². The summed E-state index contributed by atoms with van der Waals surface area (Å²) in [5.41, 5.74) is -1.15. The number of anilines is 1. The minimum absolute atomic E-state index is 0.00751. The van der Waals surface area contributed by atoms with E-state index in [9.17, 15) is 28.4 Å². The molecule has 0 fully saturated rings. The summed E-state index contributed by atoms with van der Waals surface area (Å²) in [6, 6.07) is 11.6. The number of halogens is 3. The summed E-state index contributed by atoms with van der Waals surface area (Å²) in [5, 5.41) is 12.5. The SMILES string of the molecule is CC(C(=O)Nc1ccc(C(=O)OC(C)(C)C)cc1)n1cc(C#N)c(-c2cc(Cl)ccc2C(F)F)cc1=O. The average molecular weight is 528 g/mol. The van der Waals surface area contributed by atoms with Crippen molar-refractivity contribution in [3.8, 4) is 17.2 Å². The molecule has 37 heavy (non-hydrogen) atoms. The average Bonchev–Trinajstić information content (AvgIpc) is 2.82. The van der Waals surface area contributed by atoms with Gasteiger partial charge >= 0.3 is 5.97 Å². The molecule has 0 saturated carbocycles. The Morgan fingerprint density at radius 1 is 1.08 bits per heavy atom. The second-order valence-corrected chi connectivity index (χ2v) is 9.67. The molecule has 192 valence electrons. The van der Waals surface area contributed by atoms with E-state index in [0.29, 0.717) is 11.3 Å². The summed E-state index contributed by atoms with van der Waals surface area (Å²) in [6.45, 7) is 6.70. The molecule has 1 atom stereocenters. The topological polar surface area (TPSA) is 101 Å². The molecule has 0 spiro atoms. The number of alkyl halides is 2. The van der Waals surface area contributed by atoms with Crippen LogP contribution >= 0.6 is 11.6 Å². The zero-order chi connectivity index (χ0) is 27.5. The molecule has 10 heteroatoms. The van der Waals surface area contributed by atoms with Crippen LogP contribution in [0.25, 0.3) is 11.1 Å². The molecule has 0 aliphatic heterocycles. The first-order chi connectivity index (χ1) is 17.3. The van der Waals surface area contributed by atoms with Gasteiger partial charge < -0.3 is 14.6 Å². The number of esters is 1. The van der Waals surface area contributed by atoms with Crippen molar-refractivity contribution in [2.45, 2.75) is 45.8 Å². The predicted molar refractivity (Wildman–Crippen MR) is 136 cm³/mol. The zero-order valence-electron chi connectivity index (χ0n) is 20.5. The van der Waals surface area contributed by atoms with E-state index in [0.717, 1.165) is 22.9 Å². The molecule has 1 N–H and O–H groups in total. The third-order valence-corrected chi connectivity index (χ3v) is 5.56. The lowest BCUT2D eigenvalue weighted by molar-refractivity contribution is -0.118. The van der Waals surface area contributed by atoms with Crippen LogP contribution in [0.5, 0.6) is 0 Å². The summed E-state index contributed by atoms with van der Waals surface area (Å²) >= 11 is 5.97. The maximum Gasteiger partial charge on any atom is 0.338 e. The number of nitrogens with zero attached hydrogens (tertiary/aromatic N) is 2. The monoisotopic (exact) mass is 527 g/mol. The molecule has 0 bridgehead atoms. The number of carbonyl (C=O) groups excluding carboxylic acids is 2. The van der Waals surface area contributed by atoms with Crippen molar-refractivity contribution in [1.82, 2.24) is 4.57 Å². The van der Waals surface area contributed by atoms with Crippen LogP contribution in [0.2, 0.25) is 5.02 Å². The summed E-state index contributed by atoms with van der Waals surface area (Å²) in [5.74, 6) is -1.08. The molecule has 0 aliphatic rings. The second kappa shape index (κ2) is 10.9. The van der Waals surface area contributed by atoms with Crippen molar-refractivity contribution in [3.05, 3.63) is 86.8 Å². The van der Waals surface area contributed by atoms with E-state index in [1.165, 1.54) is 43.3 Å². The highest BCUT2D eigenvalue weighted by atomic mass is 35.5. The van der Waals surface area contributed by atoms with Gasteiger partial charge in [0, 0.05) is 34.1 Å². The molecule has 3 rings (SSSR count). The van der Waals surface area contributed by atoms with Gasteiger partial charge in [-0.1, -0.05) is 17.7 Å². The molecule has 0 saturated heterocycles. The fourth-order valence-corrected chi connectivity index (χ4v) is 3.69. The number of hydrogen-bond donors (Lipinski definition) is 1. The minimum Gasteiger partial charge on any atom is -0.456 e. The molecular weight excluding hydrogens is 504 g/mol. The van der Waals surface area contributed by atoms with E-state index < -0.39 is 35.5 Å². The predicted octanol–water partition coefficient (Wildman–Crippen LogP) is 6.13. The lowest BCUT2D eigenvalue weighted by Gasteiger charge is -2.19. The van der Waals surface area contributed by atoms with Gasteiger partial charge in [0.15, 0.2) is 0 Å². The Morgan fingerprint density at radius 3 is 2.30 bits per heavy atom. The lowest BCUT2D eigenvalue weighted by atomic mass is 9.97.